The van der Waals surface area contributed by atoms with E-state index in [4.69, 9.17) is 4.74 Å². The van der Waals surface area contributed by atoms with Gasteiger partial charge in [-0.05, 0) is 13.5 Å². The van der Waals surface area contributed by atoms with Gasteiger partial charge in [0.2, 0.25) is 10.0 Å². The zero-order valence-electron chi connectivity index (χ0n) is 11.8. The zero-order valence-corrected chi connectivity index (χ0v) is 12.7. The molecule has 114 valence electrons. The molecule has 8 heteroatoms. The summed E-state index contributed by atoms with van der Waals surface area (Å²) in [5.41, 5.74) is 0. The lowest BCUT2D eigenvalue weighted by Gasteiger charge is -2.16. The van der Waals surface area contributed by atoms with E-state index in [0.29, 0.717) is 19.7 Å². The Morgan fingerprint density at radius 1 is 1.26 bits per heavy atom. The first-order valence-electron chi connectivity index (χ1n) is 6.13. The molecule has 0 aromatic carbocycles. The molecule has 0 atom stereocenters. The van der Waals surface area contributed by atoms with E-state index in [9.17, 15) is 13.2 Å². The minimum atomic E-state index is -3.32. The summed E-state index contributed by atoms with van der Waals surface area (Å²) in [5, 5.41) is 0. The summed E-state index contributed by atoms with van der Waals surface area (Å²) in [4.78, 5) is 12.8. The van der Waals surface area contributed by atoms with Crippen LogP contribution in [0.3, 0.4) is 0 Å². The molecule has 7 nitrogen and oxygen atoms in total. The quantitative estimate of drug-likeness (QED) is 0.514. The molecule has 0 saturated carbocycles. The number of nitrogens with one attached hydrogen (secondary N) is 1. The number of likely N-dealkylation sites (N-methyl/N-ethyl adjacent to an activating group) is 1. The van der Waals surface area contributed by atoms with Crippen LogP contribution in [0.5, 0.6) is 0 Å². The maximum Gasteiger partial charge on any atom is 0.305 e. The number of sulfonamides is 1. The maximum absolute atomic E-state index is 11.6. The molecule has 0 spiro atoms. The number of hydrogen-bond donors (Lipinski definition) is 1. The van der Waals surface area contributed by atoms with Crippen molar-refractivity contribution in [2.75, 3.05) is 53.3 Å². The lowest BCUT2D eigenvalue weighted by Crippen LogP contribution is -2.35. The number of methoxy groups -OCH3 is 2. The Bertz CT molecular complexity index is 345. The van der Waals surface area contributed by atoms with Crippen LogP contribution in [0.1, 0.15) is 12.8 Å². The Morgan fingerprint density at radius 3 is 2.53 bits per heavy atom. The first-order chi connectivity index (χ1) is 8.91. The third-order valence-electron chi connectivity index (χ3n) is 2.51. The predicted molar refractivity (Wildman–Crippen MR) is 72.4 cm³/mol. The van der Waals surface area contributed by atoms with Gasteiger partial charge in [-0.1, -0.05) is 0 Å². The van der Waals surface area contributed by atoms with Gasteiger partial charge in [-0.25, -0.2) is 13.1 Å². The molecule has 0 radical (unpaired) electrons. The number of hydrogen-bond acceptors (Lipinski definition) is 6. The van der Waals surface area contributed by atoms with Crippen LogP contribution < -0.4 is 4.72 Å². The molecule has 0 aromatic heterocycles. The van der Waals surface area contributed by atoms with Crippen LogP contribution >= 0.6 is 0 Å². The van der Waals surface area contributed by atoms with Crippen molar-refractivity contribution in [2.24, 2.45) is 0 Å². The summed E-state index contributed by atoms with van der Waals surface area (Å²) in [6.45, 7) is 2.32. The van der Waals surface area contributed by atoms with Crippen molar-refractivity contribution in [1.29, 1.82) is 0 Å². The van der Waals surface area contributed by atoms with Gasteiger partial charge in [0, 0.05) is 33.2 Å². The van der Waals surface area contributed by atoms with E-state index < -0.39 is 16.0 Å². The van der Waals surface area contributed by atoms with Gasteiger partial charge in [0.15, 0.2) is 0 Å². The summed E-state index contributed by atoms with van der Waals surface area (Å²) in [6, 6.07) is 0. The van der Waals surface area contributed by atoms with Gasteiger partial charge in [-0.3, -0.25) is 4.79 Å². The third-order valence-corrected chi connectivity index (χ3v) is 3.98. The van der Waals surface area contributed by atoms with Crippen LogP contribution in [0.4, 0.5) is 0 Å². The summed E-state index contributed by atoms with van der Waals surface area (Å²) < 4.78 is 35.0. The fourth-order valence-corrected chi connectivity index (χ4v) is 2.40. The average Bonchev–Trinajstić information content (AvgIpc) is 2.35. The van der Waals surface area contributed by atoms with Gasteiger partial charge >= 0.3 is 5.97 Å². The molecule has 0 unspecified atom stereocenters. The van der Waals surface area contributed by atoms with Crippen LogP contribution in [0.15, 0.2) is 0 Å². The minimum absolute atomic E-state index is 0.0656. The van der Waals surface area contributed by atoms with Crippen LogP contribution in [0.25, 0.3) is 0 Å². The maximum atomic E-state index is 11.6. The molecular weight excluding hydrogens is 272 g/mol. The van der Waals surface area contributed by atoms with Crippen LogP contribution in [-0.4, -0.2) is 72.5 Å². The molecule has 0 fully saturated rings. The Kier molecular flexibility index (Phi) is 9.76. The average molecular weight is 296 g/mol. The smallest absolute Gasteiger partial charge is 0.305 e. The monoisotopic (exact) mass is 296 g/mol. The Balaban J connectivity index is 3.76. The molecular formula is C11H24N2O5S. The Hall–Kier alpha value is -0.700. The van der Waals surface area contributed by atoms with Gasteiger partial charge in [-0.15, -0.1) is 0 Å². The molecule has 0 aromatic rings. The first-order valence-corrected chi connectivity index (χ1v) is 7.78. The second-order valence-corrected chi connectivity index (χ2v) is 6.12. The number of nitrogens with zero attached hydrogens (tertiary/aromatic N) is 1. The van der Waals surface area contributed by atoms with E-state index in [-0.39, 0.29) is 18.6 Å². The highest BCUT2D eigenvalue weighted by atomic mass is 32.2. The fraction of sp³-hybridized carbons (Fsp3) is 0.909. The van der Waals surface area contributed by atoms with E-state index in [1.54, 1.807) is 7.11 Å². The van der Waals surface area contributed by atoms with Crippen molar-refractivity contribution >= 4 is 16.0 Å². The van der Waals surface area contributed by atoms with Crippen LogP contribution in [-0.2, 0) is 24.3 Å². The minimum Gasteiger partial charge on any atom is -0.469 e. The second kappa shape index (κ2) is 10.1. The summed E-state index contributed by atoms with van der Waals surface area (Å²) in [5.74, 6) is -0.460. The van der Waals surface area contributed by atoms with Crippen molar-refractivity contribution in [2.45, 2.75) is 12.8 Å². The zero-order chi connectivity index (χ0) is 14.7. The van der Waals surface area contributed by atoms with E-state index in [0.717, 1.165) is 6.54 Å². The molecule has 0 heterocycles. The third kappa shape index (κ3) is 10.9. The van der Waals surface area contributed by atoms with Gasteiger partial charge in [0.25, 0.3) is 0 Å². The molecule has 0 amide bonds. The number of esters is 1. The first kappa shape index (κ1) is 18.3. The normalized spacial score (nSPS) is 11.8. The lowest BCUT2D eigenvalue weighted by atomic mass is 10.3. The molecule has 0 bridgehead atoms. The number of carbonyl (C=O) groups excluding carboxylic acids is 1. The molecule has 0 aliphatic carbocycles. The van der Waals surface area contributed by atoms with Crippen molar-refractivity contribution in [3.05, 3.63) is 0 Å². The summed E-state index contributed by atoms with van der Waals surface area (Å²) >= 11 is 0. The Labute approximate surface area is 115 Å². The highest BCUT2D eigenvalue weighted by Gasteiger charge is 2.11. The lowest BCUT2D eigenvalue weighted by molar-refractivity contribution is -0.140. The topological polar surface area (TPSA) is 84.9 Å². The van der Waals surface area contributed by atoms with Gasteiger partial charge in [-0.2, -0.15) is 0 Å². The van der Waals surface area contributed by atoms with E-state index in [1.165, 1.54) is 7.11 Å². The molecule has 0 saturated heterocycles. The van der Waals surface area contributed by atoms with Crippen molar-refractivity contribution < 1.29 is 22.7 Å². The predicted octanol–water partition coefficient (Wildman–Crippen LogP) is -0.563. The summed E-state index contributed by atoms with van der Waals surface area (Å²) in [7, 11) is 1.48. The number of ether oxygens (including phenoxy) is 2. The van der Waals surface area contributed by atoms with Gasteiger partial charge in [0.05, 0.1) is 19.5 Å². The Morgan fingerprint density at radius 2 is 1.95 bits per heavy atom. The number of rotatable bonds is 11. The highest BCUT2D eigenvalue weighted by molar-refractivity contribution is 7.89. The number of carbonyl (C=O) groups is 1. The van der Waals surface area contributed by atoms with Crippen LogP contribution in [0, 0.1) is 0 Å². The van der Waals surface area contributed by atoms with Crippen LogP contribution in [0.2, 0.25) is 0 Å². The SMILES string of the molecule is COCCN(C)CCNS(=O)(=O)CCCC(=O)OC. The summed E-state index contributed by atoms with van der Waals surface area (Å²) in [6.07, 6.45) is 0.382. The van der Waals surface area contributed by atoms with Gasteiger partial charge < -0.3 is 14.4 Å². The van der Waals surface area contributed by atoms with E-state index in [1.807, 2.05) is 11.9 Å². The van der Waals surface area contributed by atoms with Crippen molar-refractivity contribution in [1.82, 2.24) is 9.62 Å². The largest absolute Gasteiger partial charge is 0.469 e. The molecule has 19 heavy (non-hydrogen) atoms. The molecule has 0 aliphatic heterocycles. The fourth-order valence-electron chi connectivity index (χ4n) is 1.33. The van der Waals surface area contributed by atoms with E-state index in [2.05, 4.69) is 9.46 Å². The molecule has 1 N–H and O–H groups in total. The van der Waals surface area contributed by atoms with Gasteiger partial charge in [0.1, 0.15) is 0 Å². The second-order valence-electron chi connectivity index (χ2n) is 4.19. The van der Waals surface area contributed by atoms with Crippen molar-refractivity contribution in [3.8, 4) is 0 Å². The van der Waals surface area contributed by atoms with E-state index >= 15 is 0 Å². The highest BCUT2D eigenvalue weighted by Crippen LogP contribution is 1.96. The van der Waals surface area contributed by atoms with Crippen molar-refractivity contribution in [3.63, 3.8) is 0 Å². The molecule has 0 rings (SSSR count). The standard InChI is InChI=1S/C11H24N2O5S/c1-13(8-9-17-2)7-6-12-19(15,16)10-4-5-11(14)18-3/h12H,4-10H2,1-3H3. The molecule has 0 aliphatic rings.